The Kier molecular flexibility index (Phi) is 6.47. The number of aryl methyl sites for hydroxylation is 1. The summed E-state index contributed by atoms with van der Waals surface area (Å²) < 4.78 is 34.3. The third-order valence-electron chi connectivity index (χ3n) is 5.16. The number of carbonyl (C=O) groups is 1. The highest BCUT2D eigenvalue weighted by Crippen LogP contribution is 2.33. The fraction of sp³-hybridized carbons (Fsp3) is 0.125. The minimum atomic E-state index is -3.72. The van der Waals surface area contributed by atoms with Crippen molar-refractivity contribution >= 4 is 64.7 Å². The minimum absolute atomic E-state index is 0.200. The lowest BCUT2D eigenvalue weighted by atomic mass is 10.2. The summed E-state index contributed by atoms with van der Waals surface area (Å²) in [5, 5.41) is 3.69. The van der Waals surface area contributed by atoms with Gasteiger partial charge in [-0.3, -0.25) is 9.10 Å². The highest BCUT2D eigenvalue weighted by molar-refractivity contribution is 9.10. The molecule has 0 radical (unpaired) electrons. The van der Waals surface area contributed by atoms with Crippen molar-refractivity contribution in [2.45, 2.75) is 11.8 Å². The maximum Gasteiger partial charge on any atom is 0.265 e. The number of benzene rings is 3. The molecule has 0 fully saturated rings. The number of nitrogens with one attached hydrogen (secondary N) is 1. The van der Waals surface area contributed by atoms with Gasteiger partial charge in [0.1, 0.15) is 5.75 Å². The number of thiophene rings is 1. The summed E-state index contributed by atoms with van der Waals surface area (Å²) in [5.41, 5.74) is 2.11. The van der Waals surface area contributed by atoms with Crippen LogP contribution in [0, 0.1) is 6.92 Å². The van der Waals surface area contributed by atoms with Gasteiger partial charge in [0.05, 0.1) is 28.3 Å². The van der Waals surface area contributed by atoms with Crippen molar-refractivity contribution in [1.29, 1.82) is 0 Å². The van der Waals surface area contributed by atoms with Crippen LogP contribution in [0.15, 0.2) is 76.1 Å². The number of nitrogens with zero attached hydrogens (tertiary/aromatic N) is 1. The van der Waals surface area contributed by atoms with E-state index in [1.807, 2.05) is 31.2 Å². The molecule has 3 aromatic carbocycles. The predicted molar refractivity (Wildman–Crippen MR) is 137 cm³/mol. The molecule has 0 aliphatic carbocycles. The van der Waals surface area contributed by atoms with Crippen LogP contribution in [0.4, 0.5) is 11.4 Å². The second-order valence-electron chi connectivity index (χ2n) is 7.42. The molecule has 33 heavy (non-hydrogen) atoms. The molecule has 6 nitrogen and oxygen atoms in total. The highest BCUT2D eigenvalue weighted by atomic mass is 79.9. The van der Waals surface area contributed by atoms with Crippen molar-refractivity contribution in [3.05, 3.63) is 81.6 Å². The third-order valence-corrected chi connectivity index (χ3v) is 8.61. The van der Waals surface area contributed by atoms with Crippen LogP contribution in [0.2, 0.25) is 0 Å². The molecule has 0 saturated heterocycles. The van der Waals surface area contributed by atoms with Gasteiger partial charge in [0.2, 0.25) is 0 Å². The SMILES string of the molecule is COc1ccc(C)cc1NC(=O)c1cc2cc(N(C)S(=O)(=O)c3ccc(Br)cc3)ccc2s1. The molecule has 1 aromatic heterocycles. The molecular weight excluding hydrogens is 524 g/mol. The maximum atomic E-state index is 13.0. The summed E-state index contributed by atoms with van der Waals surface area (Å²) in [6.07, 6.45) is 0. The zero-order chi connectivity index (χ0) is 23.8. The van der Waals surface area contributed by atoms with E-state index in [-0.39, 0.29) is 10.8 Å². The van der Waals surface area contributed by atoms with Gasteiger partial charge in [-0.15, -0.1) is 11.3 Å². The van der Waals surface area contributed by atoms with E-state index >= 15 is 0 Å². The fourth-order valence-corrected chi connectivity index (χ4v) is 5.74. The minimum Gasteiger partial charge on any atom is -0.495 e. The van der Waals surface area contributed by atoms with Gasteiger partial charge >= 0.3 is 0 Å². The van der Waals surface area contributed by atoms with Gasteiger partial charge in [-0.25, -0.2) is 8.42 Å². The quantitative estimate of drug-likeness (QED) is 0.320. The molecule has 0 aliphatic heterocycles. The lowest BCUT2D eigenvalue weighted by molar-refractivity contribution is 0.103. The predicted octanol–water partition coefficient (Wildman–Crippen LogP) is 6.06. The Morgan fingerprint density at radius 2 is 1.76 bits per heavy atom. The van der Waals surface area contributed by atoms with Gasteiger partial charge in [0, 0.05) is 16.2 Å². The van der Waals surface area contributed by atoms with E-state index in [0.717, 1.165) is 20.1 Å². The number of halogens is 1. The van der Waals surface area contributed by atoms with E-state index in [1.165, 1.54) is 22.7 Å². The van der Waals surface area contributed by atoms with Crippen LogP contribution in [-0.2, 0) is 10.0 Å². The summed E-state index contributed by atoms with van der Waals surface area (Å²) in [6.45, 7) is 1.94. The maximum absolute atomic E-state index is 13.0. The van der Waals surface area contributed by atoms with E-state index in [0.29, 0.717) is 22.0 Å². The summed E-state index contributed by atoms with van der Waals surface area (Å²) in [4.78, 5) is 13.6. The van der Waals surface area contributed by atoms with E-state index in [1.54, 1.807) is 49.6 Å². The van der Waals surface area contributed by atoms with Crippen molar-refractivity contribution in [2.24, 2.45) is 0 Å². The molecule has 1 amide bonds. The number of carbonyl (C=O) groups excluding carboxylic acids is 1. The van der Waals surface area contributed by atoms with Crippen molar-refractivity contribution in [1.82, 2.24) is 0 Å². The first-order valence-electron chi connectivity index (χ1n) is 9.93. The average molecular weight is 545 g/mol. The molecule has 0 aliphatic rings. The van der Waals surface area contributed by atoms with Crippen LogP contribution in [0.5, 0.6) is 5.75 Å². The van der Waals surface area contributed by atoms with Gasteiger partial charge in [0.25, 0.3) is 15.9 Å². The van der Waals surface area contributed by atoms with Crippen LogP contribution in [0.25, 0.3) is 10.1 Å². The zero-order valence-electron chi connectivity index (χ0n) is 18.1. The Balaban J connectivity index is 1.62. The first kappa shape index (κ1) is 23.3. The molecule has 0 atom stereocenters. The number of anilines is 2. The number of amides is 1. The average Bonchev–Trinajstić information content (AvgIpc) is 3.22. The first-order valence-corrected chi connectivity index (χ1v) is 13.0. The van der Waals surface area contributed by atoms with Crippen LogP contribution in [-0.4, -0.2) is 28.5 Å². The number of ether oxygens (including phenoxy) is 1. The smallest absolute Gasteiger partial charge is 0.265 e. The molecule has 0 spiro atoms. The first-order chi connectivity index (χ1) is 15.7. The Bertz CT molecular complexity index is 1450. The normalized spacial score (nSPS) is 11.4. The second kappa shape index (κ2) is 9.17. The fourth-order valence-electron chi connectivity index (χ4n) is 3.35. The Morgan fingerprint density at radius 1 is 1.03 bits per heavy atom. The Morgan fingerprint density at radius 3 is 2.45 bits per heavy atom. The zero-order valence-corrected chi connectivity index (χ0v) is 21.3. The largest absolute Gasteiger partial charge is 0.495 e. The van der Waals surface area contributed by atoms with Crippen LogP contribution in [0.3, 0.4) is 0 Å². The van der Waals surface area contributed by atoms with Gasteiger partial charge in [-0.1, -0.05) is 22.0 Å². The van der Waals surface area contributed by atoms with Crippen LogP contribution in [0.1, 0.15) is 15.2 Å². The summed E-state index contributed by atoms with van der Waals surface area (Å²) in [6, 6.07) is 19.2. The van der Waals surface area contributed by atoms with Crippen LogP contribution < -0.4 is 14.4 Å². The third kappa shape index (κ3) is 4.75. The topological polar surface area (TPSA) is 75.7 Å². The molecule has 170 valence electrons. The van der Waals surface area contributed by atoms with E-state index in [4.69, 9.17) is 4.74 Å². The van der Waals surface area contributed by atoms with Gasteiger partial charge in [0.15, 0.2) is 0 Å². The lowest BCUT2D eigenvalue weighted by Gasteiger charge is -2.19. The standard InChI is InChI=1S/C24H21BrN2O4S2/c1-15-4-10-21(31-3)20(12-15)26-24(28)23-14-16-13-18(7-11-22(16)32-23)27(2)33(29,30)19-8-5-17(25)6-9-19/h4-14H,1-3H3,(H,26,28). The van der Waals surface area contributed by atoms with Crippen molar-refractivity contribution in [3.8, 4) is 5.75 Å². The monoisotopic (exact) mass is 544 g/mol. The number of fused-ring (bicyclic) bond motifs is 1. The lowest BCUT2D eigenvalue weighted by Crippen LogP contribution is -2.26. The van der Waals surface area contributed by atoms with Crippen molar-refractivity contribution in [2.75, 3.05) is 23.8 Å². The molecule has 0 unspecified atom stereocenters. The van der Waals surface area contributed by atoms with Gasteiger partial charge < -0.3 is 10.1 Å². The molecule has 1 N–H and O–H groups in total. The molecule has 1 heterocycles. The van der Waals surface area contributed by atoms with Crippen LogP contribution >= 0.6 is 27.3 Å². The van der Waals surface area contributed by atoms with E-state index in [9.17, 15) is 13.2 Å². The van der Waals surface area contributed by atoms with Gasteiger partial charge in [-0.05, 0) is 78.5 Å². The Hall–Kier alpha value is -2.88. The molecular formula is C24H21BrN2O4S2. The van der Waals surface area contributed by atoms with Gasteiger partial charge in [-0.2, -0.15) is 0 Å². The number of rotatable bonds is 6. The molecule has 9 heteroatoms. The number of hydrogen-bond acceptors (Lipinski definition) is 5. The molecule has 0 bridgehead atoms. The van der Waals surface area contributed by atoms with Crippen molar-refractivity contribution in [3.63, 3.8) is 0 Å². The van der Waals surface area contributed by atoms with E-state index < -0.39 is 10.0 Å². The highest BCUT2D eigenvalue weighted by Gasteiger charge is 2.22. The number of sulfonamides is 1. The Labute approximate surface area is 205 Å². The molecule has 4 rings (SSSR count). The second-order valence-corrected chi connectivity index (χ2v) is 11.4. The summed E-state index contributed by atoms with van der Waals surface area (Å²) in [5.74, 6) is 0.328. The van der Waals surface area contributed by atoms with Crippen molar-refractivity contribution < 1.29 is 17.9 Å². The molecule has 0 saturated carbocycles. The van der Waals surface area contributed by atoms with E-state index in [2.05, 4.69) is 21.2 Å². The summed E-state index contributed by atoms with van der Waals surface area (Å²) in [7, 11) is -0.645. The molecule has 4 aromatic rings. The number of hydrogen-bond donors (Lipinski definition) is 1. The summed E-state index contributed by atoms with van der Waals surface area (Å²) >= 11 is 4.66. The number of methoxy groups -OCH3 is 1.